The maximum atomic E-state index is 13.2. The van der Waals surface area contributed by atoms with E-state index in [1.165, 1.54) is 5.56 Å². The maximum absolute atomic E-state index is 13.2. The van der Waals surface area contributed by atoms with Gasteiger partial charge in [0.05, 0.1) is 12.3 Å². The molecule has 1 unspecified atom stereocenters. The topological polar surface area (TPSA) is 92.8 Å². The lowest BCUT2D eigenvalue weighted by atomic mass is 10.0. The van der Waals surface area contributed by atoms with Gasteiger partial charge >= 0.3 is 0 Å². The SMILES string of the molecule is CCC(c1nnnn1Cc1ccco1)N(Cc1ccccc1)Cc1cc2cc(C)c(C)cc2[nH]c1=O. The summed E-state index contributed by atoms with van der Waals surface area (Å²) in [6.07, 6.45) is 2.42. The van der Waals surface area contributed by atoms with Gasteiger partial charge in [0, 0.05) is 24.2 Å². The highest BCUT2D eigenvalue weighted by Crippen LogP contribution is 2.27. The lowest BCUT2D eigenvalue weighted by Gasteiger charge is -2.30. The molecule has 0 spiro atoms. The van der Waals surface area contributed by atoms with Crippen molar-refractivity contribution in [3.8, 4) is 0 Å². The molecule has 5 rings (SSSR count). The zero-order chi connectivity index (χ0) is 25.1. The lowest BCUT2D eigenvalue weighted by Crippen LogP contribution is -2.32. The number of pyridine rings is 1. The first-order chi connectivity index (χ1) is 17.5. The van der Waals surface area contributed by atoms with E-state index in [0.717, 1.165) is 40.0 Å². The number of hydrogen-bond acceptors (Lipinski definition) is 6. The Labute approximate surface area is 209 Å². The highest BCUT2D eigenvalue weighted by Gasteiger charge is 2.26. The molecule has 0 aliphatic heterocycles. The molecular weight excluding hydrogens is 452 g/mol. The summed E-state index contributed by atoms with van der Waals surface area (Å²) in [6.45, 7) is 7.82. The Bertz CT molecular complexity index is 1500. The molecule has 2 aromatic carbocycles. The third-order valence-electron chi connectivity index (χ3n) is 6.71. The minimum Gasteiger partial charge on any atom is -0.467 e. The predicted octanol–water partition coefficient (Wildman–Crippen LogP) is 4.93. The summed E-state index contributed by atoms with van der Waals surface area (Å²) in [7, 11) is 0. The summed E-state index contributed by atoms with van der Waals surface area (Å²) in [6, 6.07) is 20.1. The van der Waals surface area contributed by atoms with Gasteiger partial charge in [-0.1, -0.05) is 37.3 Å². The number of rotatable bonds is 9. The first-order valence-corrected chi connectivity index (χ1v) is 12.2. The molecule has 0 saturated carbocycles. The van der Waals surface area contributed by atoms with Crippen molar-refractivity contribution in [2.75, 3.05) is 0 Å². The van der Waals surface area contributed by atoms with Crippen LogP contribution in [0.1, 0.15) is 53.2 Å². The molecule has 0 aliphatic carbocycles. The van der Waals surface area contributed by atoms with Crippen LogP contribution in [0.3, 0.4) is 0 Å². The van der Waals surface area contributed by atoms with E-state index in [1.54, 1.807) is 10.9 Å². The zero-order valence-corrected chi connectivity index (χ0v) is 20.8. The van der Waals surface area contributed by atoms with Gasteiger partial charge in [0.2, 0.25) is 0 Å². The molecule has 8 heteroatoms. The van der Waals surface area contributed by atoms with E-state index in [4.69, 9.17) is 4.42 Å². The van der Waals surface area contributed by atoms with Crippen molar-refractivity contribution in [3.05, 3.63) is 111 Å². The number of furan rings is 1. The van der Waals surface area contributed by atoms with Crippen molar-refractivity contribution >= 4 is 10.9 Å². The fourth-order valence-electron chi connectivity index (χ4n) is 4.67. The van der Waals surface area contributed by atoms with Gasteiger partial charge in [-0.2, -0.15) is 0 Å². The van der Waals surface area contributed by atoms with Crippen LogP contribution in [0.15, 0.2) is 76.1 Å². The standard InChI is InChI=1S/C28H30N6O2/c1-4-26(27-30-31-32-34(27)18-24-11-8-12-36-24)33(16-21-9-6-5-7-10-21)17-23-15-22-13-19(2)20(3)14-25(22)29-28(23)35/h5-15,26H,4,16-18H2,1-3H3,(H,29,35). The molecule has 0 radical (unpaired) electrons. The van der Waals surface area contributed by atoms with E-state index < -0.39 is 0 Å². The highest BCUT2D eigenvalue weighted by atomic mass is 16.3. The Morgan fingerprint density at radius 1 is 1.03 bits per heavy atom. The molecule has 0 aliphatic rings. The summed E-state index contributed by atoms with van der Waals surface area (Å²) in [5, 5.41) is 13.6. The number of aromatic nitrogens is 5. The summed E-state index contributed by atoms with van der Waals surface area (Å²) in [5.74, 6) is 1.53. The monoisotopic (exact) mass is 482 g/mol. The van der Waals surface area contributed by atoms with Gasteiger partial charge in [-0.15, -0.1) is 5.10 Å². The van der Waals surface area contributed by atoms with E-state index in [9.17, 15) is 4.79 Å². The minimum atomic E-state index is -0.106. The van der Waals surface area contributed by atoms with Crippen molar-refractivity contribution in [2.24, 2.45) is 0 Å². The number of aromatic amines is 1. The van der Waals surface area contributed by atoms with E-state index in [0.29, 0.717) is 25.2 Å². The quantitative estimate of drug-likeness (QED) is 0.320. The van der Waals surface area contributed by atoms with Crippen LogP contribution in [0.25, 0.3) is 10.9 Å². The largest absolute Gasteiger partial charge is 0.467 e. The van der Waals surface area contributed by atoms with E-state index in [-0.39, 0.29) is 11.6 Å². The van der Waals surface area contributed by atoms with Gasteiger partial charge < -0.3 is 9.40 Å². The maximum Gasteiger partial charge on any atom is 0.252 e. The van der Waals surface area contributed by atoms with Gasteiger partial charge in [0.25, 0.3) is 5.56 Å². The lowest BCUT2D eigenvalue weighted by molar-refractivity contribution is 0.161. The molecular formula is C28H30N6O2. The van der Waals surface area contributed by atoms with Crippen LogP contribution >= 0.6 is 0 Å². The summed E-state index contributed by atoms with van der Waals surface area (Å²) in [5.41, 5.74) is 5.01. The number of H-pyrrole nitrogens is 1. The predicted molar refractivity (Wildman–Crippen MR) is 138 cm³/mol. The average molecular weight is 483 g/mol. The van der Waals surface area contributed by atoms with Gasteiger partial charge in [0.15, 0.2) is 5.82 Å². The number of hydrogen-bond donors (Lipinski definition) is 1. The Kier molecular flexibility index (Phi) is 6.77. The van der Waals surface area contributed by atoms with Crippen molar-refractivity contribution in [1.29, 1.82) is 0 Å². The normalized spacial score (nSPS) is 12.4. The summed E-state index contributed by atoms with van der Waals surface area (Å²) in [4.78, 5) is 18.5. The molecule has 8 nitrogen and oxygen atoms in total. The van der Waals surface area contributed by atoms with E-state index >= 15 is 0 Å². The van der Waals surface area contributed by atoms with Crippen LogP contribution in [0, 0.1) is 13.8 Å². The van der Waals surface area contributed by atoms with Gasteiger partial charge in [-0.25, -0.2) is 4.68 Å². The molecule has 5 aromatic rings. The Morgan fingerprint density at radius 2 is 1.83 bits per heavy atom. The number of benzene rings is 2. The molecule has 0 saturated heterocycles. The molecule has 0 amide bonds. The number of nitrogens with one attached hydrogen (secondary N) is 1. The van der Waals surface area contributed by atoms with Crippen molar-refractivity contribution in [2.45, 2.75) is 52.9 Å². The van der Waals surface area contributed by atoms with Crippen LogP contribution in [0.2, 0.25) is 0 Å². The first kappa shape index (κ1) is 23.7. The second-order valence-electron chi connectivity index (χ2n) is 9.24. The summed E-state index contributed by atoms with van der Waals surface area (Å²) >= 11 is 0. The highest BCUT2D eigenvalue weighted by molar-refractivity contribution is 5.80. The van der Waals surface area contributed by atoms with Crippen LogP contribution < -0.4 is 5.56 Å². The van der Waals surface area contributed by atoms with Crippen molar-refractivity contribution in [1.82, 2.24) is 30.1 Å². The third kappa shape index (κ3) is 4.99. The van der Waals surface area contributed by atoms with Crippen LogP contribution in [-0.2, 0) is 19.6 Å². The Balaban J connectivity index is 1.53. The second-order valence-corrected chi connectivity index (χ2v) is 9.24. The third-order valence-corrected chi connectivity index (χ3v) is 6.71. The zero-order valence-electron chi connectivity index (χ0n) is 20.8. The number of fused-ring (bicyclic) bond motifs is 1. The molecule has 0 bridgehead atoms. The molecule has 1 atom stereocenters. The van der Waals surface area contributed by atoms with Crippen LogP contribution in [-0.4, -0.2) is 30.1 Å². The number of tetrazole rings is 1. The van der Waals surface area contributed by atoms with Gasteiger partial charge in [0.1, 0.15) is 12.3 Å². The molecule has 0 fully saturated rings. The molecule has 1 N–H and O–H groups in total. The fourth-order valence-corrected chi connectivity index (χ4v) is 4.67. The molecule has 36 heavy (non-hydrogen) atoms. The van der Waals surface area contributed by atoms with E-state index in [1.807, 2.05) is 42.5 Å². The number of aryl methyl sites for hydroxylation is 2. The van der Waals surface area contributed by atoms with Crippen LogP contribution in [0.4, 0.5) is 0 Å². The van der Waals surface area contributed by atoms with Crippen molar-refractivity contribution in [3.63, 3.8) is 0 Å². The fraction of sp³-hybridized carbons (Fsp3) is 0.286. The van der Waals surface area contributed by atoms with Gasteiger partial charge in [-0.3, -0.25) is 9.69 Å². The van der Waals surface area contributed by atoms with Gasteiger partial charge in [-0.05, 0) is 83.1 Å². The summed E-state index contributed by atoms with van der Waals surface area (Å²) < 4.78 is 7.31. The van der Waals surface area contributed by atoms with Crippen LogP contribution in [0.5, 0.6) is 0 Å². The Morgan fingerprint density at radius 3 is 2.58 bits per heavy atom. The first-order valence-electron chi connectivity index (χ1n) is 12.2. The average Bonchev–Trinajstić information content (AvgIpc) is 3.55. The number of nitrogens with zero attached hydrogens (tertiary/aromatic N) is 5. The molecule has 184 valence electrons. The smallest absolute Gasteiger partial charge is 0.252 e. The van der Waals surface area contributed by atoms with Crippen molar-refractivity contribution < 1.29 is 4.42 Å². The Hall–Kier alpha value is -4.04. The molecule has 3 heterocycles. The van der Waals surface area contributed by atoms with E-state index in [2.05, 4.69) is 64.4 Å². The minimum absolute atomic E-state index is 0.0751. The molecule has 3 aromatic heterocycles. The second kappa shape index (κ2) is 10.3.